The van der Waals surface area contributed by atoms with Crippen LogP contribution in [0.3, 0.4) is 0 Å². The standard InChI is InChI=1S/C21H14F2N2O2/c22-17-8-7-13(12-18(17)23)25-21(26)16-5-3-4-15-14(9-11-27-20(15)16)19-6-1-2-10-24-19/h1-10,12H,11H2,(H,25,26). The Hall–Kier alpha value is -3.54. The molecule has 2 heterocycles. The van der Waals surface area contributed by atoms with Crippen molar-refractivity contribution < 1.29 is 18.3 Å². The summed E-state index contributed by atoms with van der Waals surface area (Å²) in [6.07, 6.45) is 3.60. The quantitative estimate of drug-likeness (QED) is 0.748. The fraction of sp³-hybridized carbons (Fsp3) is 0.0476. The Morgan fingerprint density at radius 2 is 1.93 bits per heavy atom. The maximum absolute atomic E-state index is 13.4. The molecule has 6 heteroatoms. The molecule has 0 saturated carbocycles. The molecule has 134 valence electrons. The van der Waals surface area contributed by atoms with E-state index in [4.69, 9.17) is 4.74 Å². The number of para-hydroxylation sites is 1. The van der Waals surface area contributed by atoms with Crippen LogP contribution in [-0.2, 0) is 0 Å². The van der Waals surface area contributed by atoms with Crippen LogP contribution in [0.5, 0.6) is 5.75 Å². The summed E-state index contributed by atoms with van der Waals surface area (Å²) in [5.41, 5.74) is 2.86. The number of rotatable bonds is 3. The van der Waals surface area contributed by atoms with E-state index in [1.165, 1.54) is 6.07 Å². The van der Waals surface area contributed by atoms with Crippen LogP contribution >= 0.6 is 0 Å². The largest absolute Gasteiger partial charge is 0.488 e. The van der Waals surface area contributed by atoms with Gasteiger partial charge in [0.15, 0.2) is 11.6 Å². The molecule has 0 radical (unpaired) electrons. The highest BCUT2D eigenvalue weighted by molar-refractivity contribution is 6.07. The summed E-state index contributed by atoms with van der Waals surface area (Å²) in [5.74, 6) is -2.04. The molecule has 0 aliphatic carbocycles. The number of ether oxygens (including phenoxy) is 1. The summed E-state index contributed by atoms with van der Waals surface area (Å²) in [5, 5.41) is 2.57. The van der Waals surface area contributed by atoms with Crippen LogP contribution < -0.4 is 10.1 Å². The van der Waals surface area contributed by atoms with Gasteiger partial charge in [-0.2, -0.15) is 0 Å². The van der Waals surface area contributed by atoms with Crippen molar-refractivity contribution in [3.8, 4) is 5.75 Å². The van der Waals surface area contributed by atoms with Crippen LogP contribution in [0, 0.1) is 11.6 Å². The predicted octanol–water partition coefficient (Wildman–Crippen LogP) is 4.44. The minimum absolute atomic E-state index is 0.160. The number of carbonyl (C=O) groups is 1. The number of aromatic nitrogens is 1. The third-order valence-corrected chi connectivity index (χ3v) is 4.18. The van der Waals surface area contributed by atoms with Gasteiger partial charge in [0.05, 0.1) is 11.3 Å². The summed E-state index contributed by atoms with van der Waals surface area (Å²) in [4.78, 5) is 17.0. The van der Waals surface area contributed by atoms with E-state index in [1.807, 2.05) is 30.3 Å². The zero-order chi connectivity index (χ0) is 18.8. The first-order valence-electron chi connectivity index (χ1n) is 8.27. The molecule has 1 aliphatic heterocycles. The van der Waals surface area contributed by atoms with Crippen LogP contribution in [0.15, 0.2) is 66.9 Å². The summed E-state index contributed by atoms with van der Waals surface area (Å²) in [6.45, 7) is 0.300. The van der Waals surface area contributed by atoms with Crippen LogP contribution in [0.25, 0.3) is 5.57 Å². The van der Waals surface area contributed by atoms with Gasteiger partial charge in [0.1, 0.15) is 12.4 Å². The van der Waals surface area contributed by atoms with Crippen molar-refractivity contribution in [3.05, 3.63) is 95.3 Å². The molecule has 0 spiro atoms. The third-order valence-electron chi connectivity index (χ3n) is 4.18. The number of fused-ring (bicyclic) bond motifs is 1. The molecule has 0 unspecified atom stereocenters. The number of nitrogens with zero attached hydrogens (tertiary/aromatic N) is 1. The van der Waals surface area contributed by atoms with E-state index in [-0.39, 0.29) is 5.69 Å². The van der Waals surface area contributed by atoms with E-state index in [1.54, 1.807) is 18.3 Å². The lowest BCUT2D eigenvalue weighted by atomic mass is 9.96. The van der Waals surface area contributed by atoms with Crippen molar-refractivity contribution in [2.75, 3.05) is 11.9 Å². The first-order valence-corrected chi connectivity index (χ1v) is 8.27. The fourth-order valence-electron chi connectivity index (χ4n) is 2.94. The Balaban J connectivity index is 1.68. The topological polar surface area (TPSA) is 51.2 Å². The molecule has 27 heavy (non-hydrogen) atoms. The first-order chi connectivity index (χ1) is 13.1. The molecule has 1 amide bonds. The molecule has 0 atom stereocenters. The molecule has 0 bridgehead atoms. The molecule has 3 aromatic rings. The number of nitrogens with one attached hydrogen (secondary N) is 1. The molecule has 2 aromatic carbocycles. The van der Waals surface area contributed by atoms with Gasteiger partial charge in [-0.1, -0.05) is 18.2 Å². The van der Waals surface area contributed by atoms with Crippen molar-refractivity contribution in [1.82, 2.24) is 4.98 Å². The minimum Gasteiger partial charge on any atom is -0.488 e. The number of halogens is 2. The lowest BCUT2D eigenvalue weighted by Crippen LogP contribution is -2.16. The molecule has 0 fully saturated rings. The molecule has 1 N–H and O–H groups in total. The number of carbonyl (C=O) groups excluding carboxylic acids is 1. The average Bonchev–Trinajstić information content (AvgIpc) is 2.70. The number of amides is 1. The van der Waals surface area contributed by atoms with Gasteiger partial charge in [-0.15, -0.1) is 0 Å². The zero-order valence-electron chi connectivity index (χ0n) is 14.1. The zero-order valence-corrected chi connectivity index (χ0v) is 14.1. The Morgan fingerprint density at radius 1 is 1.04 bits per heavy atom. The van der Waals surface area contributed by atoms with Gasteiger partial charge in [-0.3, -0.25) is 9.78 Å². The minimum atomic E-state index is -1.03. The summed E-state index contributed by atoms with van der Waals surface area (Å²) >= 11 is 0. The van der Waals surface area contributed by atoms with E-state index < -0.39 is 17.5 Å². The van der Waals surface area contributed by atoms with Crippen molar-refractivity contribution >= 4 is 17.2 Å². The van der Waals surface area contributed by atoms with Crippen LogP contribution in [0.4, 0.5) is 14.5 Å². The molecule has 4 nitrogen and oxygen atoms in total. The molecular weight excluding hydrogens is 350 g/mol. The highest BCUT2D eigenvalue weighted by Crippen LogP contribution is 2.36. The third kappa shape index (κ3) is 3.29. The van der Waals surface area contributed by atoms with Gasteiger partial charge in [-0.25, -0.2) is 8.78 Å². The second-order valence-electron chi connectivity index (χ2n) is 5.91. The fourth-order valence-corrected chi connectivity index (χ4v) is 2.94. The van der Waals surface area contributed by atoms with Gasteiger partial charge in [-0.05, 0) is 36.4 Å². The van der Waals surface area contributed by atoms with Crippen LogP contribution in [0.1, 0.15) is 21.6 Å². The summed E-state index contributed by atoms with van der Waals surface area (Å²) in [6, 6.07) is 14.0. The van der Waals surface area contributed by atoms with Gasteiger partial charge in [0.25, 0.3) is 5.91 Å². The number of pyridine rings is 1. The van der Waals surface area contributed by atoms with Gasteiger partial charge in [0.2, 0.25) is 0 Å². The average molecular weight is 364 g/mol. The first kappa shape index (κ1) is 16.9. The number of anilines is 1. The van der Waals surface area contributed by atoms with Crippen molar-refractivity contribution in [1.29, 1.82) is 0 Å². The number of hydrogen-bond donors (Lipinski definition) is 1. The Kier molecular flexibility index (Phi) is 4.38. The molecule has 1 aliphatic rings. The SMILES string of the molecule is O=C(Nc1ccc(F)c(F)c1)c1cccc2c1OCC=C2c1ccccn1. The predicted molar refractivity (Wildman–Crippen MR) is 97.6 cm³/mol. The lowest BCUT2D eigenvalue weighted by Gasteiger charge is -2.21. The maximum Gasteiger partial charge on any atom is 0.259 e. The summed E-state index contributed by atoms with van der Waals surface area (Å²) in [7, 11) is 0. The second kappa shape index (κ2) is 6.99. The smallest absolute Gasteiger partial charge is 0.259 e. The van der Waals surface area contributed by atoms with E-state index in [2.05, 4.69) is 10.3 Å². The van der Waals surface area contributed by atoms with Crippen LogP contribution in [-0.4, -0.2) is 17.5 Å². The van der Waals surface area contributed by atoms with Crippen molar-refractivity contribution in [2.24, 2.45) is 0 Å². The molecule has 4 rings (SSSR count). The van der Waals surface area contributed by atoms with Gasteiger partial charge in [0, 0.05) is 29.1 Å². The monoisotopic (exact) mass is 364 g/mol. The molecular formula is C21H14F2N2O2. The van der Waals surface area contributed by atoms with E-state index in [9.17, 15) is 13.6 Å². The second-order valence-corrected chi connectivity index (χ2v) is 5.91. The molecule has 1 aromatic heterocycles. The highest BCUT2D eigenvalue weighted by atomic mass is 19.2. The van der Waals surface area contributed by atoms with E-state index in [0.717, 1.165) is 29.0 Å². The maximum atomic E-state index is 13.4. The Labute approximate surface area is 154 Å². The Morgan fingerprint density at radius 3 is 2.70 bits per heavy atom. The van der Waals surface area contributed by atoms with Gasteiger partial charge < -0.3 is 10.1 Å². The normalized spacial score (nSPS) is 12.6. The molecule has 0 saturated heterocycles. The number of benzene rings is 2. The van der Waals surface area contributed by atoms with Crippen molar-refractivity contribution in [2.45, 2.75) is 0 Å². The van der Waals surface area contributed by atoms with E-state index in [0.29, 0.717) is 17.9 Å². The van der Waals surface area contributed by atoms with Gasteiger partial charge >= 0.3 is 0 Å². The lowest BCUT2D eigenvalue weighted by molar-refractivity contribution is 0.102. The van der Waals surface area contributed by atoms with Crippen molar-refractivity contribution in [3.63, 3.8) is 0 Å². The van der Waals surface area contributed by atoms with E-state index >= 15 is 0 Å². The number of hydrogen-bond acceptors (Lipinski definition) is 3. The highest BCUT2D eigenvalue weighted by Gasteiger charge is 2.22. The Bertz CT molecular complexity index is 1050. The summed E-state index contributed by atoms with van der Waals surface area (Å²) < 4.78 is 32.2. The van der Waals surface area contributed by atoms with Crippen LogP contribution in [0.2, 0.25) is 0 Å².